The Kier molecular flexibility index (Phi) is 18.2. The normalized spacial score (nSPS) is 16.9. The van der Waals surface area contributed by atoms with Crippen LogP contribution in [0, 0.1) is 25.5 Å². The van der Waals surface area contributed by atoms with E-state index in [0.717, 1.165) is 12.4 Å². The zero-order chi connectivity index (χ0) is 62.1. The van der Waals surface area contributed by atoms with Crippen LogP contribution < -0.4 is 18.9 Å². The van der Waals surface area contributed by atoms with Gasteiger partial charge < -0.3 is 39.0 Å². The van der Waals surface area contributed by atoms with Gasteiger partial charge in [-0.3, -0.25) is 19.4 Å². The molecule has 2 aliphatic heterocycles. The van der Waals surface area contributed by atoms with Gasteiger partial charge in [-0.1, -0.05) is 24.3 Å². The Labute approximate surface area is 488 Å². The number of aliphatic hydroxyl groups excluding tert-OH is 2. The first-order valence-corrected chi connectivity index (χ1v) is 27.2. The largest absolute Gasteiger partial charge is 0.497 e. The average Bonchev–Trinajstić information content (AvgIpc) is 1.56. The van der Waals surface area contributed by atoms with Crippen LogP contribution in [-0.4, -0.2) is 164 Å². The number of methoxy groups -OCH3 is 4. The summed E-state index contributed by atoms with van der Waals surface area (Å²) in [5, 5.41) is 28.2. The Balaban J connectivity index is 0.000000205. The number of alkyl halides is 6. The average molecular weight is 1200 g/mol. The summed E-state index contributed by atoms with van der Waals surface area (Å²) in [6, 6.07) is 20.1. The second kappa shape index (κ2) is 25.2. The van der Waals surface area contributed by atoms with Crippen LogP contribution in [0.5, 0.6) is 23.0 Å². The number of nitrogens with zero attached hydrogens (tertiary/aromatic N) is 10. The van der Waals surface area contributed by atoms with Crippen LogP contribution in [0.2, 0.25) is 0 Å². The van der Waals surface area contributed by atoms with Crippen molar-refractivity contribution in [3.05, 3.63) is 154 Å². The number of rotatable bonds is 14. The second-order valence-electron chi connectivity index (χ2n) is 20.7. The molecule has 4 aromatic heterocycles. The molecule has 2 fully saturated rings. The van der Waals surface area contributed by atoms with Crippen LogP contribution in [-0.2, 0) is 12.4 Å². The number of hydrogen-bond donors (Lipinski definition) is 2. The molecule has 456 valence electrons. The van der Waals surface area contributed by atoms with Gasteiger partial charge in [0.05, 0.1) is 77.5 Å². The minimum Gasteiger partial charge on any atom is -0.497 e. The zero-order valence-corrected chi connectivity index (χ0v) is 48.0. The molecule has 0 saturated carbocycles. The SMILES string of the molecule is COc1ccc(-c2nc3c(C(=O)N4CCN([C@@H](CO)c5cccc(OC)c5F)C[C@H]4C)cnn3c(C(F)(F)F)c2C)cc1.COc1ccc(-c2nc3c(C(=O)N4CCN([C@H](CO)c5cccc(OC)c5F)C[C@H]4C)cnn3c(C(F)(F)F)c2C)cc1. The number of hydrogen-bond acceptors (Lipinski definition) is 14. The van der Waals surface area contributed by atoms with E-state index in [0.29, 0.717) is 31.7 Å². The Morgan fingerprint density at radius 2 is 0.919 bits per heavy atom. The topological polar surface area (TPSA) is 185 Å². The van der Waals surface area contributed by atoms with Crippen molar-refractivity contribution in [1.29, 1.82) is 0 Å². The van der Waals surface area contributed by atoms with Crippen LogP contribution in [0.25, 0.3) is 33.8 Å². The molecule has 8 aromatic rings. The van der Waals surface area contributed by atoms with Gasteiger partial charge in [0, 0.05) is 84.7 Å². The third kappa shape index (κ3) is 11.9. The fraction of sp³-hybridized carbons (Fsp3) is 0.367. The number of piperazine rings is 2. The quantitative estimate of drug-likeness (QED) is 0.0981. The molecule has 2 aliphatic rings. The van der Waals surface area contributed by atoms with Crippen molar-refractivity contribution in [2.24, 2.45) is 0 Å². The Morgan fingerprint density at radius 1 is 0.558 bits per heavy atom. The molecule has 0 bridgehead atoms. The molecule has 2 amide bonds. The van der Waals surface area contributed by atoms with Gasteiger partial charge >= 0.3 is 12.4 Å². The van der Waals surface area contributed by atoms with Gasteiger partial charge in [-0.25, -0.2) is 27.8 Å². The number of aliphatic hydroxyl groups is 2. The van der Waals surface area contributed by atoms with Crippen LogP contribution >= 0.6 is 0 Å². The fourth-order valence-corrected chi connectivity index (χ4v) is 11.3. The first-order valence-electron chi connectivity index (χ1n) is 27.2. The highest BCUT2D eigenvalue weighted by Crippen LogP contribution is 2.40. The number of fused-ring (bicyclic) bond motifs is 2. The van der Waals surface area contributed by atoms with Crippen molar-refractivity contribution in [2.45, 2.75) is 64.2 Å². The lowest BCUT2D eigenvalue weighted by atomic mass is 10.0. The summed E-state index contributed by atoms with van der Waals surface area (Å²) in [6.45, 7) is 6.99. The molecule has 0 spiro atoms. The predicted octanol–water partition coefficient (Wildman–Crippen LogP) is 9.52. The molecule has 10 rings (SSSR count). The minimum absolute atomic E-state index is 0.0564. The molecule has 2 N–H and O–H groups in total. The van der Waals surface area contributed by atoms with Crippen LogP contribution in [0.15, 0.2) is 97.3 Å². The van der Waals surface area contributed by atoms with Gasteiger partial charge in [-0.15, -0.1) is 0 Å². The van der Waals surface area contributed by atoms with Gasteiger partial charge in [-0.05, 0) is 88.4 Å². The van der Waals surface area contributed by atoms with E-state index in [1.54, 1.807) is 86.6 Å². The number of halogens is 8. The van der Waals surface area contributed by atoms with Crippen molar-refractivity contribution in [3.8, 4) is 45.5 Å². The van der Waals surface area contributed by atoms with Gasteiger partial charge in [-0.2, -0.15) is 36.5 Å². The number of aromatic nitrogens is 6. The van der Waals surface area contributed by atoms with E-state index in [-0.39, 0.29) is 120 Å². The molecule has 4 aromatic carbocycles. The van der Waals surface area contributed by atoms with E-state index in [9.17, 15) is 46.1 Å². The number of carbonyl (C=O) groups excluding carboxylic acids is 2. The van der Waals surface area contributed by atoms with E-state index in [1.807, 2.05) is 9.80 Å². The Morgan fingerprint density at radius 3 is 1.22 bits per heavy atom. The van der Waals surface area contributed by atoms with Crippen LogP contribution in [0.4, 0.5) is 35.1 Å². The van der Waals surface area contributed by atoms with E-state index in [4.69, 9.17) is 18.9 Å². The van der Waals surface area contributed by atoms with E-state index < -0.39 is 71.4 Å². The van der Waals surface area contributed by atoms with E-state index >= 15 is 8.78 Å². The molecule has 4 atom stereocenters. The molecule has 86 heavy (non-hydrogen) atoms. The molecule has 26 heteroatoms. The second-order valence-corrected chi connectivity index (χ2v) is 20.7. The summed E-state index contributed by atoms with van der Waals surface area (Å²) in [4.78, 5) is 43.4. The predicted molar refractivity (Wildman–Crippen MR) is 299 cm³/mol. The van der Waals surface area contributed by atoms with Gasteiger partial charge in [0.25, 0.3) is 11.8 Å². The summed E-state index contributed by atoms with van der Waals surface area (Å²) in [6.07, 6.45) is -7.32. The molecular weight excluding hydrogens is 1140 g/mol. The molecular formula is C60H62F8N10O8. The summed E-state index contributed by atoms with van der Waals surface area (Å²) >= 11 is 0. The lowest BCUT2D eigenvalue weighted by Crippen LogP contribution is -2.55. The molecule has 0 aliphatic carbocycles. The zero-order valence-electron chi connectivity index (χ0n) is 48.0. The van der Waals surface area contributed by atoms with Gasteiger partial charge in [0.15, 0.2) is 45.8 Å². The number of carbonyl (C=O) groups is 2. The van der Waals surface area contributed by atoms with E-state index in [2.05, 4.69) is 20.2 Å². The third-order valence-electron chi connectivity index (χ3n) is 15.7. The first kappa shape index (κ1) is 62.1. The number of ether oxygens (including phenoxy) is 4. The van der Waals surface area contributed by atoms with Gasteiger partial charge in [0.2, 0.25) is 0 Å². The summed E-state index contributed by atoms with van der Waals surface area (Å²) in [7, 11) is 5.68. The highest BCUT2D eigenvalue weighted by molar-refractivity contribution is 6.01. The fourth-order valence-electron chi connectivity index (χ4n) is 11.3. The maximum Gasteiger partial charge on any atom is 0.433 e. The van der Waals surface area contributed by atoms with Crippen molar-refractivity contribution in [2.75, 3.05) is 80.9 Å². The maximum atomic E-state index is 15.0. The minimum atomic E-state index is -4.77. The summed E-state index contributed by atoms with van der Waals surface area (Å²) in [5.41, 5.74) is -1.35. The Hall–Kier alpha value is -8.46. The van der Waals surface area contributed by atoms with Crippen LogP contribution in [0.3, 0.4) is 0 Å². The highest BCUT2D eigenvalue weighted by Gasteiger charge is 2.42. The Bertz CT molecular complexity index is 3520. The summed E-state index contributed by atoms with van der Waals surface area (Å²) in [5.74, 6) is -1.02. The standard InChI is InChI=1S/2C30H31F4N5O4/c2*1-17-15-37(23(16-40)21-6-5-7-24(43-4)25(21)31)12-13-38(17)29(41)22-14-35-39-27(30(32,33)34)18(2)26(36-28(22)39)19-8-10-20(42-3)11-9-19/h2*5-11,14,17,23,40H,12-13,15-16H2,1-4H3/t17-,23+;17-,23-/m11/s1. The lowest BCUT2D eigenvalue weighted by Gasteiger charge is -2.43. The van der Waals surface area contributed by atoms with E-state index in [1.165, 1.54) is 64.2 Å². The molecule has 0 unspecified atom stereocenters. The van der Waals surface area contributed by atoms with Crippen molar-refractivity contribution < 1.29 is 73.9 Å². The number of amides is 2. The van der Waals surface area contributed by atoms with Gasteiger partial charge in [0.1, 0.15) is 22.6 Å². The van der Waals surface area contributed by atoms with Crippen molar-refractivity contribution >= 4 is 23.1 Å². The third-order valence-corrected chi connectivity index (χ3v) is 15.7. The maximum absolute atomic E-state index is 15.0. The van der Waals surface area contributed by atoms with Crippen LogP contribution in [0.1, 0.15) is 80.3 Å². The smallest absolute Gasteiger partial charge is 0.433 e. The summed E-state index contributed by atoms with van der Waals surface area (Å²) < 4.78 is 138. The first-order chi connectivity index (χ1) is 41.0. The highest BCUT2D eigenvalue weighted by atomic mass is 19.4. The lowest BCUT2D eigenvalue weighted by molar-refractivity contribution is -0.144. The number of benzene rings is 4. The monoisotopic (exact) mass is 1200 g/mol. The molecule has 0 radical (unpaired) electrons. The van der Waals surface area contributed by atoms with Crippen molar-refractivity contribution in [1.82, 2.24) is 48.8 Å². The van der Waals surface area contributed by atoms with Crippen molar-refractivity contribution in [3.63, 3.8) is 0 Å². The molecule has 2 saturated heterocycles. The molecule has 6 heterocycles. The molecule has 18 nitrogen and oxygen atoms in total.